The summed E-state index contributed by atoms with van der Waals surface area (Å²) in [6, 6.07) is 14.6. The molecule has 0 spiro atoms. The van der Waals surface area contributed by atoms with Crippen molar-refractivity contribution >= 4 is 0 Å². The maximum absolute atomic E-state index is 5.93. The fourth-order valence-electron chi connectivity index (χ4n) is 1.96. The Morgan fingerprint density at radius 2 is 1.47 bits per heavy atom. The Morgan fingerprint density at radius 3 is 2.00 bits per heavy atom. The minimum absolute atomic E-state index is 0.174. The molecule has 0 aliphatic rings. The van der Waals surface area contributed by atoms with Crippen LogP contribution >= 0.6 is 0 Å². The van der Waals surface area contributed by atoms with E-state index in [0.717, 1.165) is 11.5 Å². The van der Waals surface area contributed by atoms with Crippen LogP contribution in [-0.4, -0.2) is 0 Å². The predicted octanol–water partition coefficient (Wildman–Crippen LogP) is 5.39. The third kappa shape index (κ3) is 3.37. The highest BCUT2D eigenvalue weighted by Crippen LogP contribution is 2.30. The Balaban J connectivity index is 2.24. The molecule has 1 nitrogen and oxygen atoms in total. The van der Waals surface area contributed by atoms with Gasteiger partial charge in [0.05, 0.1) is 0 Å². The van der Waals surface area contributed by atoms with Crippen molar-refractivity contribution < 1.29 is 4.74 Å². The number of benzene rings is 2. The first-order valence-electron chi connectivity index (χ1n) is 6.72. The zero-order valence-corrected chi connectivity index (χ0v) is 12.4. The minimum atomic E-state index is 0.174. The van der Waals surface area contributed by atoms with Crippen molar-refractivity contribution in [3.8, 4) is 11.5 Å². The molecule has 1 heteroatoms. The predicted molar refractivity (Wildman–Crippen MR) is 81.1 cm³/mol. The summed E-state index contributed by atoms with van der Waals surface area (Å²) in [6.45, 7) is 10.8. The summed E-state index contributed by atoms with van der Waals surface area (Å²) in [5.41, 5.74) is 3.93. The number of rotatable bonds is 2. The van der Waals surface area contributed by atoms with Gasteiger partial charge in [0.25, 0.3) is 0 Å². The molecule has 2 aromatic carbocycles. The third-order valence-corrected chi connectivity index (χ3v) is 3.29. The molecule has 0 aliphatic heterocycles. The van der Waals surface area contributed by atoms with E-state index in [2.05, 4.69) is 65.0 Å². The van der Waals surface area contributed by atoms with Gasteiger partial charge >= 0.3 is 0 Å². The van der Waals surface area contributed by atoms with Crippen molar-refractivity contribution in [2.45, 2.75) is 40.0 Å². The molecular weight excluding hydrogens is 232 g/mol. The van der Waals surface area contributed by atoms with Gasteiger partial charge in [-0.2, -0.15) is 0 Å². The van der Waals surface area contributed by atoms with Gasteiger partial charge in [0.1, 0.15) is 11.5 Å². The van der Waals surface area contributed by atoms with Crippen LogP contribution in [-0.2, 0) is 5.41 Å². The molecular formula is C18H22O. The van der Waals surface area contributed by atoms with Crippen LogP contribution in [0.1, 0.15) is 37.5 Å². The van der Waals surface area contributed by atoms with Gasteiger partial charge in [-0.3, -0.25) is 0 Å². The van der Waals surface area contributed by atoms with Crippen LogP contribution in [0.15, 0.2) is 42.5 Å². The van der Waals surface area contributed by atoms with Crippen molar-refractivity contribution in [1.29, 1.82) is 0 Å². The SMILES string of the molecule is Cc1ccc(Oc2ccc(C(C)(C)C)cc2C)cc1. The van der Waals surface area contributed by atoms with Gasteiger partial charge in [-0.25, -0.2) is 0 Å². The topological polar surface area (TPSA) is 9.23 Å². The fraction of sp³-hybridized carbons (Fsp3) is 0.333. The number of aryl methyl sites for hydroxylation is 2. The second kappa shape index (κ2) is 5.08. The molecule has 0 N–H and O–H groups in total. The van der Waals surface area contributed by atoms with Crippen molar-refractivity contribution in [2.75, 3.05) is 0 Å². The van der Waals surface area contributed by atoms with Gasteiger partial charge in [0.2, 0.25) is 0 Å². The first-order chi connectivity index (χ1) is 8.86. The molecule has 0 fully saturated rings. The third-order valence-electron chi connectivity index (χ3n) is 3.29. The van der Waals surface area contributed by atoms with Crippen LogP contribution < -0.4 is 4.74 Å². The standard InChI is InChI=1S/C18H22O/c1-13-6-9-16(10-7-13)19-17-11-8-15(12-14(17)2)18(3,4)5/h6-12H,1-5H3. The van der Waals surface area contributed by atoms with Crippen LogP contribution in [0.3, 0.4) is 0 Å². The maximum Gasteiger partial charge on any atom is 0.130 e. The van der Waals surface area contributed by atoms with E-state index >= 15 is 0 Å². The molecule has 0 atom stereocenters. The Bertz CT molecular complexity index is 559. The fourth-order valence-corrected chi connectivity index (χ4v) is 1.96. The molecule has 19 heavy (non-hydrogen) atoms. The normalized spacial score (nSPS) is 11.4. The highest BCUT2D eigenvalue weighted by Gasteiger charge is 2.14. The molecule has 0 aliphatic carbocycles. The Hall–Kier alpha value is -1.76. The molecule has 2 rings (SSSR count). The summed E-state index contributed by atoms with van der Waals surface area (Å²) in [4.78, 5) is 0. The van der Waals surface area contributed by atoms with Gasteiger partial charge in [-0.05, 0) is 48.6 Å². The van der Waals surface area contributed by atoms with Gasteiger partial charge in [-0.15, -0.1) is 0 Å². The molecule has 0 amide bonds. The largest absolute Gasteiger partial charge is 0.457 e. The Labute approximate surface area is 116 Å². The smallest absolute Gasteiger partial charge is 0.130 e. The first-order valence-corrected chi connectivity index (χ1v) is 6.72. The minimum Gasteiger partial charge on any atom is -0.457 e. The van der Waals surface area contributed by atoms with E-state index in [1.54, 1.807) is 0 Å². The molecule has 100 valence electrons. The second-order valence-corrected chi connectivity index (χ2v) is 6.15. The molecule has 0 aromatic heterocycles. The van der Waals surface area contributed by atoms with Crippen LogP contribution in [0.5, 0.6) is 11.5 Å². The van der Waals surface area contributed by atoms with Crippen LogP contribution in [0.25, 0.3) is 0 Å². The summed E-state index contributed by atoms with van der Waals surface area (Å²) in [5.74, 6) is 1.81. The lowest BCUT2D eigenvalue weighted by Gasteiger charge is -2.20. The molecule has 0 unspecified atom stereocenters. The van der Waals surface area contributed by atoms with E-state index in [4.69, 9.17) is 4.74 Å². The van der Waals surface area contributed by atoms with E-state index in [1.807, 2.05) is 12.1 Å². The van der Waals surface area contributed by atoms with E-state index < -0.39 is 0 Å². The van der Waals surface area contributed by atoms with Crippen LogP contribution in [0.4, 0.5) is 0 Å². The van der Waals surface area contributed by atoms with Crippen molar-refractivity contribution in [1.82, 2.24) is 0 Å². The molecule has 0 radical (unpaired) electrons. The highest BCUT2D eigenvalue weighted by atomic mass is 16.5. The molecule has 0 bridgehead atoms. The van der Waals surface area contributed by atoms with Crippen molar-refractivity contribution in [3.63, 3.8) is 0 Å². The van der Waals surface area contributed by atoms with Gasteiger partial charge in [0, 0.05) is 0 Å². The zero-order chi connectivity index (χ0) is 14.0. The maximum atomic E-state index is 5.93. The second-order valence-electron chi connectivity index (χ2n) is 6.15. The van der Waals surface area contributed by atoms with Crippen molar-refractivity contribution in [2.24, 2.45) is 0 Å². The highest BCUT2D eigenvalue weighted by molar-refractivity contribution is 5.41. The summed E-state index contributed by atoms with van der Waals surface area (Å²) in [7, 11) is 0. The number of ether oxygens (including phenoxy) is 1. The lowest BCUT2D eigenvalue weighted by Crippen LogP contribution is -2.11. The lowest BCUT2D eigenvalue weighted by atomic mass is 9.86. The number of hydrogen-bond acceptors (Lipinski definition) is 1. The Morgan fingerprint density at radius 1 is 0.842 bits per heavy atom. The van der Waals surface area contributed by atoms with E-state index in [-0.39, 0.29) is 5.41 Å². The average molecular weight is 254 g/mol. The van der Waals surface area contributed by atoms with E-state index in [1.165, 1.54) is 16.7 Å². The van der Waals surface area contributed by atoms with Crippen LogP contribution in [0.2, 0.25) is 0 Å². The summed E-state index contributed by atoms with van der Waals surface area (Å²) < 4.78 is 5.93. The first kappa shape index (κ1) is 13.7. The zero-order valence-electron chi connectivity index (χ0n) is 12.4. The summed E-state index contributed by atoms with van der Waals surface area (Å²) in [5, 5.41) is 0. The van der Waals surface area contributed by atoms with E-state index in [0.29, 0.717) is 0 Å². The van der Waals surface area contributed by atoms with Gasteiger partial charge in [-0.1, -0.05) is 50.6 Å². The number of hydrogen-bond donors (Lipinski definition) is 0. The lowest BCUT2D eigenvalue weighted by molar-refractivity contribution is 0.477. The van der Waals surface area contributed by atoms with Crippen LogP contribution in [0, 0.1) is 13.8 Å². The quantitative estimate of drug-likeness (QED) is 0.697. The summed E-state index contributed by atoms with van der Waals surface area (Å²) in [6.07, 6.45) is 0. The Kier molecular flexibility index (Phi) is 3.66. The molecule has 0 saturated heterocycles. The average Bonchev–Trinajstić information content (AvgIpc) is 2.33. The van der Waals surface area contributed by atoms with Crippen molar-refractivity contribution in [3.05, 3.63) is 59.2 Å². The molecule has 2 aromatic rings. The summed E-state index contributed by atoms with van der Waals surface area (Å²) >= 11 is 0. The molecule has 0 saturated carbocycles. The van der Waals surface area contributed by atoms with E-state index in [9.17, 15) is 0 Å². The van der Waals surface area contributed by atoms with Gasteiger partial charge in [0.15, 0.2) is 0 Å². The molecule has 0 heterocycles. The monoisotopic (exact) mass is 254 g/mol. The van der Waals surface area contributed by atoms with Gasteiger partial charge < -0.3 is 4.74 Å².